The molecule has 0 saturated carbocycles. The van der Waals surface area contributed by atoms with Crippen molar-refractivity contribution >= 4 is 17.5 Å². The van der Waals surface area contributed by atoms with Crippen LogP contribution in [-0.2, 0) is 0 Å². The number of carbonyl (C=O) groups excluding carboxylic acids is 1. The van der Waals surface area contributed by atoms with E-state index in [2.05, 4.69) is 28.2 Å². The minimum atomic E-state index is -0.301. The molecule has 0 bridgehead atoms. The third-order valence-electron chi connectivity index (χ3n) is 4.92. The molecule has 0 amide bonds. The van der Waals surface area contributed by atoms with Crippen LogP contribution in [0.3, 0.4) is 0 Å². The summed E-state index contributed by atoms with van der Waals surface area (Å²) in [7, 11) is 0. The lowest BCUT2D eigenvalue weighted by Crippen LogP contribution is -2.14. The summed E-state index contributed by atoms with van der Waals surface area (Å²) in [5, 5.41) is 9.28. The number of aromatic nitrogens is 4. The lowest BCUT2D eigenvalue weighted by atomic mass is 10.1. The fourth-order valence-corrected chi connectivity index (χ4v) is 4.17. The Labute approximate surface area is 180 Å². The zero-order valence-electron chi connectivity index (χ0n) is 17.1. The van der Waals surface area contributed by atoms with E-state index in [4.69, 9.17) is 0 Å². The molecule has 30 heavy (non-hydrogen) atoms. The van der Waals surface area contributed by atoms with Gasteiger partial charge in [-0.15, -0.1) is 10.2 Å². The topological polar surface area (TPSA) is 60.7 Å². The predicted octanol–water partition coefficient (Wildman–Crippen LogP) is 5.31. The molecule has 2 heterocycles. The Bertz CT molecular complexity index is 1170. The van der Waals surface area contributed by atoms with Crippen molar-refractivity contribution in [3.8, 4) is 17.1 Å². The summed E-state index contributed by atoms with van der Waals surface area (Å²) >= 11 is 1.42. The van der Waals surface area contributed by atoms with Crippen LogP contribution in [0.15, 0.2) is 78.2 Å². The molecule has 0 aliphatic carbocycles. The normalized spacial score (nSPS) is 12.0. The first-order valence-corrected chi connectivity index (χ1v) is 10.6. The Morgan fingerprint density at radius 1 is 0.933 bits per heavy atom. The number of hydrogen-bond donors (Lipinski definition) is 0. The average molecular weight is 415 g/mol. The smallest absolute Gasteiger partial charge is 0.196 e. The molecule has 0 spiro atoms. The van der Waals surface area contributed by atoms with Gasteiger partial charge in [0, 0.05) is 23.5 Å². The number of Topliss-reactive ketones (excluding diaryl/α,β-unsaturated/α-hetero) is 1. The number of ketones is 1. The van der Waals surface area contributed by atoms with Gasteiger partial charge in [-0.25, -0.2) is 0 Å². The quantitative estimate of drug-likeness (QED) is 0.316. The summed E-state index contributed by atoms with van der Waals surface area (Å²) in [6, 6.07) is 19.6. The number of pyridine rings is 1. The monoisotopic (exact) mass is 414 g/mol. The van der Waals surface area contributed by atoms with Gasteiger partial charge in [0.1, 0.15) is 0 Å². The lowest BCUT2D eigenvalue weighted by molar-refractivity contribution is 0.0994. The van der Waals surface area contributed by atoms with Crippen molar-refractivity contribution in [3.63, 3.8) is 0 Å². The molecule has 0 saturated heterocycles. The summed E-state index contributed by atoms with van der Waals surface area (Å²) in [6.07, 6.45) is 3.48. The molecule has 0 radical (unpaired) electrons. The largest absolute Gasteiger partial charge is 0.293 e. The fraction of sp³-hybridized carbons (Fsp3) is 0.167. The number of thioether (sulfide) groups is 1. The SMILES string of the molecule is Cc1ccc(C(=O)C(C)Sc2nnc(-c3ccncc3)n2-c2ccccc2C)cc1. The van der Waals surface area contributed by atoms with E-state index in [1.807, 2.05) is 73.0 Å². The van der Waals surface area contributed by atoms with Gasteiger partial charge in [0.25, 0.3) is 0 Å². The molecule has 2 aromatic heterocycles. The van der Waals surface area contributed by atoms with E-state index in [1.165, 1.54) is 11.8 Å². The van der Waals surface area contributed by atoms with Crippen LogP contribution in [0, 0.1) is 13.8 Å². The first-order valence-electron chi connectivity index (χ1n) is 9.74. The van der Waals surface area contributed by atoms with Crippen molar-refractivity contribution in [1.82, 2.24) is 19.7 Å². The van der Waals surface area contributed by atoms with Crippen LogP contribution in [-0.4, -0.2) is 30.8 Å². The van der Waals surface area contributed by atoms with Crippen LogP contribution in [0.2, 0.25) is 0 Å². The highest BCUT2D eigenvalue weighted by molar-refractivity contribution is 8.00. The van der Waals surface area contributed by atoms with Crippen LogP contribution in [0.25, 0.3) is 17.1 Å². The Hall–Kier alpha value is -3.25. The maximum absolute atomic E-state index is 13.0. The van der Waals surface area contributed by atoms with Gasteiger partial charge < -0.3 is 0 Å². The Morgan fingerprint density at radius 2 is 1.63 bits per heavy atom. The number of hydrogen-bond acceptors (Lipinski definition) is 5. The number of rotatable bonds is 6. The van der Waals surface area contributed by atoms with E-state index in [0.717, 1.165) is 28.2 Å². The second-order valence-electron chi connectivity index (χ2n) is 7.15. The zero-order valence-corrected chi connectivity index (χ0v) is 17.9. The number of para-hydroxylation sites is 1. The van der Waals surface area contributed by atoms with Crippen LogP contribution in [0.1, 0.15) is 28.4 Å². The van der Waals surface area contributed by atoms with E-state index in [0.29, 0.717) is 10.7 Å². The number of carbonyl (C=O) groups is 1. The summed E-state index contributed by atoms with van der Waals surface area (Å²) in [5.74, 6) is 0.800. The molecule has 0 aliphatic heterocycles. The van der Waals surface area contributed by atoms with Crippen LogP contribution in [0.5, 0.6) is 0 Å². The Morgan fingerprint density at radius 3 is 2.33 bits per heavy atom. The van der Waals surface area contributed by atoms with Crippen molar-refractivity contribution in [2.24, 2.45) is 0 Å². The molecule has 1 unspecified atom stereocenters. The highest BCUT2D eigenvalue weighted by Gasteiger charge is 2.23. The van der Waals surface area contributed by atoms with Gasteiger partial charge in [-0.05, 0) is 44.5 Å². The number of aryl methyl sites for hydroxylation is 2. The van der Waals surface area contributed by atoms with Crippen molar-refractivity contribution in [3.05, 3.63) is 89.7 Å². The maximum atomic E-state index is 13.0. The minimum absolute atomic E-state index is 0.0739. The summed E-state index contributed by atoms with van der Waals surface area (Å²) in [4.78, 5) is 17.1. The second kappa shape index (κ2) is 8.63. The van der Waals surface area contributed by atoms with Gasteiger partial charge in [0.2, 0.25) is 0 Å². The van der Waals surface area contributed by atoms with Gasteiger partial charge in [-0.3, -0.25) is 14.3 Å². The number of benzene rings is 2. The van der Waals surface area contributed by atoms with Gasteiger partial charge in [0.15, 0.2) is 16.8 Å². The summed E-state index contributed by atoms with van der Waals surface area (Å²) < 4.78 is 2.02. The minimum Gasteiger partial charge on any atom is -0.293 e. The van der Waals surface area contributed by atoms with E-state index >= 15 is 0 Å². The third kappa shape index (κ3) is 4.04. The van der Waals surface area contributed by atoms with Crippen molar-refractivity contribution in [1.29, 1.82) is 0 Å². The Balaban J connectivity index is 1.73. The van der Waals surface area contributed by atoms with Crippen molar-refractivity contribution in [2.75, 3.05) is 0 Å². The number of nitrogens with zero attached hydrogens (tertiary/aromatic N) is 4. The lowest BCUT2D eigenvalue weighted by Gasteiger charge is -2.15. The molecule has 1 atom stereocenters. The molecule has 6 heteroatoms. The van der Waals surface area contributed by atoms with Gasteiger partial charge in [-0.1, -0.05) is 59.8 Å². The zero-order chi connectivity index (χ0) is 21.1. The highest BCUT2D eigenvalue weighted by Crippen LogP contribution is 2.32. The Kier molecular flexibility index (Phi) is 5.77. The molecule has 5 nitrogen and oxygen atoms in total. The molecular weight excluding hydrogens is 392 g/mol. The van der Waals surface area contributed by atoms with E-state index in [9.17, 15) is 4.79 Å². The molecule has 150 valence electrons. The average Bonchev–Trinajstić information content (AvgIpc) is 3.18. The van der Waals surface area contributed by atoms with Crippen LogP contribution in [0.4, 0.5) is 0 Å². The van der Waals surface area contributed by atoms with Crippen LogP contribution < -0.4 is 0 Å². The summed E-state index contributed by atoms with van der Waals surface area (Å²) in [6.45, 7) is 5.98. The van der Waals surface area contributed by atoms with E-state index in [-0.39, 0.29) is 11.0 Å². The van der Waals surface area contributed by atoms with Crippen molar-refractivity contribution in [2.45, 2.75) is 31.2 Å². The molecular formula is C24H22N4OS. The first-order chi connectivity index (χ1) is 14.5. The van der Waals surface area contributed by atoms with E-state index in [1.54, 1.807) is 12.4 Å². The van der Waals surface area contributed by atoms with Crippen LogP contribution >= 0.6 is 11.8 Å². The molecule has 0 fully saturated rings. The predicted molar refractivity (Wildman–Crippen MR) is 120 cm³/mol. The molecule has 4 aromatic rings. The van der Waals surface area contributed by atoms with Gasteiger partial charge >= 0.3 is 0 Å². The molecule has 0 N–H and O–H groups in total. The summed E-state index contributed by atoms with van der Waals surface area (Å²) in [5.41, 5.74) is 4.86. The highest BCUT2D eigenvalue weighted by atomic mass is 32.2. The van der Waals surface area contributed by atoms with E-state index < -0.39 is 0 Å². The third-order valence-corrected chi connectivity index (χ3v) is 5.96. The fourth-order valence-electron chi connectivity index (χ4n) is 3.23. The molecule has 0 aliphatic rings. The molecule has 2 aromatic carbocycles. The standard InChI is InChI=1S/C24H22N4OS/c1-16-8-10-19(11-9-16)22(29)18(3)30-24-27-26-23(20-12-14-25-15-13-20)28(24)21-7-5-4-6-17(21)2/h4-15,18H,1-3H3. The maximum Gasteiger partial charge on any atom is 0.196 e. The van der Waals surface area contributed by atoms with Gasteiger partial charge in [0.05, 0.1) is 10.9 Å². The van der Waals surface area contributed by atoms with Crippen molar-refractivity contribution < 1.29 is 4.79 Å². The second-order valence-corrected chi connectivity index (χ2v) is 8.46. The van der Waals surface area contributed by atoms with Gasteiger partial charge in [-0.2, -0.15) is 0 Å². The first kappa shape index (κ1) is 20.0. The molecule has 4 rings (SSSR count).